The Morgan fingerprint density at radius 2 is 2.38 bits per heavy atom. The second kappa shape index (κ2) is 6.33. The molecule has 0 aliphatic rings. The molecular weight excluding hydrogens is 230 g/mol. The van der Waals surface area contributed by atoms with E-state index in [0.717, 1.165) is 12.8 Å². The van der Waals surface area contributed by atoms with Crippen molar-refractivity contribution in [1.82, 2.24) is 4.98 Å². The lowest BCUT2D eigenvalue weighted by Crippen LogP contribution is -2.26. The first-order valence-corrected chi connectivity index (χ1v) is 5.51. The lowest BCUT2D eigenvalue weighted by Gasteiger charge is -2.14. The lowest BCUT2D eigenvalue weighted by molar-refractivity contribution is -0.145. The van der Waals surface area contributed by atoms with Gasteiger partial charge in [-0.25, -0.2) is 4.79 Å². The highest BCUT2D eigenvalue weighted by molar-refractivity contribution is 6.30. The van der Waals surface area contributed by atoms with Gasteiger partial charge in [-0.2, -0.15) is 0 Å². The van der Waals surface area contributed by atoms with Gasteiger partial charge < -0.3 is 9.84 Å². The van der Waals surface area contributed by atoms with Crippen LogP contribution in [0.2, 0.25) is 5.02 Å². The molecule has 0 bridgehead atoms. The van der Waals surface area contributed by atoms with E-state index in [-0.39, 0.29) is 0 Å². The van der Waals surface area contributed by atoms with E-state index < -0.39 is 12.1 Å². The standard InChI is InChI=1S/C11H14ClNO3/c1-2-3-4-10(11(14)15)16-9-5-8(12)6-13-7-9/h5-7,10H,2-4H2,1H3,(H,14,15). The van der Waals surface area contributed by atoms with E-state index in [1.807, 2.05) is 6.92 Å². The van der Waals surface area contributed by atoms with Crippen molar-refractivity contribution in [3.8, 4) is 5.75 Å². The van der Waals surface area contributed by atoms with Crippen molar-refractivity contribution in [2.75, 3.05) is 0 Å². The summed E-state index contributed by atoms with van der Waals surface area (Å²) in [6.07, 6.45) is 4.31. The van der Waals surface area contributed by atoms with Crippen molar-refractivity contribution in [3.63, 3.8) is 0 Å². The molecule has 1 unspecified atom stereocenters. The van der Waals surface area contributed by atoms with Gasteiger partial charge in [0, 0.05) is 12.3 Å². The van der Waals surface area contributed by atoms with E-state index in [1.54, 1.807) is 6.07 Å². The topological polar surface area (TPSA) is 59.4 Å². The van der Waals surface area contributed by atoms with Gasteiger partial charge in [-0.15, -0.1) is 0 Å². The number of carbonyl (C=O) groups is 1. The molecule has 0 amide bonds. The number of carboxylic acids is 1. The maximum absolute atomic E-state index is 10.9. The molecule has 4 nitrogen and oxygen atoms in total. The number of ether oxygens (including phenoxy) is 1. The highest BCUT2D eigenvalue weighted by Crippen LogP contribution is 2.18. The summed E-state index contributed by atoms with van der Waals surface area (Å²) in [5, 5.41) is 9.38. The minimum Gasteiger partial charge on any atom is -0.479 e. The van der Waals surface area contributed by atoms with Crippen LogP contribution in [-0.4, -0.2) is 22.2 Å². The number of carboxylic acid groups (broad SMARTS) is 1. The average Bonchev–Trinajstić information content (AvgIpc) is 2.24. The molecule has 5 heteroatoms. The van der Waals surface area contributed by atoms with Crippen molar-refractivity contribution < 1.29 is 14.6 Å². The number of hydrogen-bond donors (Lipinski definition) is 1. The third-order valence-corrected chi connectivity index (χ3v) is 2.26. The van der Waals surface area contributed by atoms with E-state index in [4.69, 9.17) is 21.4 Å². The van der Waals surface area contributed by atoms with Gasteiger partial charge in [-0.05, 0) is 12.8 Å². The van der Waals surface area contributed by atoms with Crippen molar-refractivity contribution in [3.05, 3.63) is 23.5 Å². The number of aliphatic carboxylic acids is 1. The first-order valence-electron chi connectivity index (χ1n) is 5.13. The van der Waals surface area contributed by atoms with Crippen LogP contribution in [0.5, 0.6) is 5.75 Å². The van der Waals surface area contributed by atoms with Crippen LogP contribution in [0.1, 0.15) is 26.2 Å². The van der Waals surface area contributed by atoms with Crippen LogP contribution in [0.4, 0.5) is 0 Å². The number of pyridine rings is 1. The van der Waals surface area contributed by atoms with Crippen LogP contribution in [-0.2, 0) is 4.79 Å². The largest absolute Gasteiger partial charge is 0.479 e. The van der Waals surface area contributed by atoms with Gasteiger partial charge in [0.05, 0.1) is 11.2 Å². The second-order valence-electron chi connectivity index (χ2n) is 3.43. The minimum atomic E-state index is -0.964. The molecule has 1 aromatic rings. The molecular formula is C11H14ClNO3. The highest BCUT2D eigenvalue weighted by Gasteiger charge is 2.18. The SMILES string of the molecule is CCCCC(Oc1cncc(Cl)c1)C(=O)O. The third kappa shape index (κ3) is 4.06. The Kier molecular flexibility index (Phi) is 5.05. The molecule has 0 aliphatic heterocycles. The van der Waals surface area contributed by atoms with E-state index in [2.05, 4.69) is 4.98 Å². The van der Waals surface area contributed by atoms with Gasteiger partial charge in [0.1, 0.15) is 5.75 Å². The third-order valence-electron chi connectivity index (χ3n) is 2.05. The van der Waals surface area contributed by atoms with Crippen LogP contribution in [0, 0.1) is 0 Å². The summed E-state index contributed by atoms with van der Waals surface area (Å²) in [7, 11) is 0. The predicted molar refractivity (Wildman–Crippen MR) is 60.8 cm³/mol. The van der Waals surface area contributed by atoms with Crippen molar-refractivity contribution in [2.24, 2.45) is 0 Å². The van der Waals surface area contributed by atoms with Crippen molar-refractivity contribution >= 4 is 17.6 Å². The highest BCUT2D eigenvalue weighted by atomic mass is 35.5. The fraction of sp³-hybridized carbons (Fsp3) is 0.455. The second-order valence-corrected chi connectivity index (χ2v) is 3.86. The first-order chi connectivity index (χ1) is 7.63. The molecule has 0 saturated carbocycles. The molecule has 0 fully saturated rings. The van der Waals surface area contributed by atoms with Crippen LogP contribution < -0.4 is 4.74 Å². The van der Waals surface area contributed by atoms with Crippen LogP contribution >= 0.6 is 11.6 Å². The molecule has 1 N–H and O–H groups in total. The average molecular weight is 244 g/mol. The Balaban J connectivity index is 2.64. The minimum absolute atomic E-state index is 0.385. The smallest absolute Gasteiger partial charge is 0.344 e. The molecule has 16 heavy (non-hydrogen) atoms. The van der Waals surface area contributed by atoms with Gasteiger partial charge >= 0.3 is 5.97 Å². The Morgan fingerprint density at radius 1 is 1.62 bits per heavy atom. The van der Waals surface area contributed by atoms with Gasteiger partial charge in [0.25, 0.3) is 0 Å². The summed E-state index contributed by atoms with van der Waals surface area (Å²) in [5.74, 6) is -0.579. The van der Waals surface area contributed by atoms with Gasteiger partial charge in [-0.3, -0.25) is 4.98 Å². The molecule has 0 aromatic carbocycles. The molecule has 0 aliphatic carbocycles. The summed E-state index contributed by atoms with van der Waals surface area (Å²) < 4.78 is 5.31. The Hall–Kier alpha value is -1.29. The van der Waals surface area contributed by atoms with Crippen molar-refractivity contribution in [2.45, 2.75) is 32.3 Å². The summed E-state index contributed by atoms with van der Waals surface area (Å²) in [6.45, 7) is 2.00. The molecule has 0 spiro atoms. The number of unbranched alkanes of at least 4 members (excludes halogenated alkanes) is 1. The van der Waals surface area contributed by atoms with Gasteiger partial charge in [-0.1, -0.05) is 24.9 Å². The van der Waals surface area contributed by atoms with E-state index in [0.29, 0.717) is 17.2 Å². The van der Waals surface area contributed by atoms with Gasteiger partial charge in [0.2, 0.25) is 0 Å². The van der Waals surface area contributed by atoms with E-state index in [9.17, 15) is 4.79 Å². The number of hydrogen-bond acceptors (Lipinski definition) is 3. The van der Waals surface area contributed by atoms with Crippen LogP contribution in [0.25, 0.3) is 0 Å². The number of nitrogens with zero attached hydrogens (tertiary/aromatic N) is 1. The summed E-state index contributed by atoms with van der Waals surface area (Å²) in [5.41, 5.74) is 0. The molecule has 88 valence electrons. The van der Waals surface area contributed by atoms with E-state index in [1.165, 1.54) is 12.4 Å². The zero-order chi connectivity index (χ0) is 12.0. The predicted octanol–water partition coefficient (Wildman–Crippen LogP) is 2.76. The van der Waals surface area contributed by atoms with Crippen molar-refractivity contribution in [1.29, 1.82) is 0 Å². The summed E-state index contributed by atoms with van der Waals surface area (Å²) in [6, 6.07) is 1.55. The first kappa shape index (κ1) is 12.8. The Labute approximate surface area is 99.2 Å². The molecule has 0 saturated heterocycles. The monoisotopic (exact) mass is 243 g/mol. The summed E-state index contributed by atoms with van der Waals surface area (Å²) in [4.78, 5) is 14.7. The fourth-order valence-electron chi connectivity index (χ4n) is 1.24. The van der Waals surface area contributed by atoms with Crippen LogP contribution in [0.15, 0.2) is 18.5 Å². The Morgan fingerprint density at radius 3 is 2.94 bits per heavy atom. The number of aromatic nitrogens is 1. The maximum atomic E-state index is 10.9. The molecule has 1 heterocycles. The van der Waals surface area contributed by atoms with Crippen LogP contribution in [0.3, 0.4) is 0 Å². The zero-order valence-electron chi connectivity index (χ0n) is 9.02. The normalized spacial score (nSPS) is 12.1. The number of halogens is 1. The zero-order valence-corrected chi connectivity index (χ0v) is 9.78. The fourth-order valence-corrected chi connectivity index (χ4v) is 1.41. The summed E-state index contributed by atoms with van der Waals surface area (Å²) >= 11 is 5.72. The lowest BCUT2D eigenvalue weighted by atomic mass is 10.1. The quantitative estimate of drug-likeness (QED) is 0.835. The number of rotatable bonds is 6. The molecule has 1 rings (SSSR count). The maximum Gasteiger partial charge on any atom is 0.344 e. The molecule has 0 radical (unpaired) electrons. The molecule has 1 aromatic heterocycles. The van der Waals surface area contributed by atoms with Gasteiger partial charge in [0.15, 0.2) is 6.10 Å². The Bertz CT molecular complexity index is 357. The van der Waals surface area contributed by atoms with E-state index >= 15 is 0 Å². The molecule has 1 atom stereocenters.